The number of hydrogen-bond acceptors (Lipinski definition) is 0. The minimum absolute atomic E-state index is 0. The van der Waals surface area contributed by atoms with Crippen LogP contribution in [-0.4, -0.2) is 0 Å². The average molecular weight is 288 g/mol. The van der Waals surface area contributed by atoms with Crippen molar-refractivity contribution in [3.8, 4) is 0 Å². The van der Waals surface area contributed by atoms with Crippen LogP contribution in [0.3, 0.4) is 0 Å². The van der Waals surface area contributed by atoms with Crippen LogP contribution in [0.5, 0.6) is 0 Å². The predicted molar refractivity (Wildman–Crippen MR) is 57.0 cm³/mol. The minimum atomic E-state index is 0. The molecule has 1 aliphatic carbocycles. The average Bonchev–Trinajstić information content (AvgIpc) is 2.47. The molecule has 0 aliphatic heterocycles. The Hall–Kier alpha value is -0.297. The first-order chi connectivity index (χ1) is 6.14. The number of halogens is 2. The Balaban J connectivity index is 0.000000980. The SMILES string of the molecule is CC(C)[C]1([Zr])C=Cc2ccccc21.F.F. The molecule has 0 N–H and O–H groups in total. The van der Waals surface area contributed by atoms with Crippen LogP contribution in [0.1, 0.15) is 25.0 Å². The number of fused-ring (bicyclic) bond motifs is 1. The van der Waals surface area contributed by atoms with Crippen molar-refractivity contribution < 1.29 is 34.1 Å². The van der Waals surface area contributed by atoms with Crippen molar-refractivity contribution in [2.75, 3.05) is 0 Å². The Labute approximate surface area is 104 Å². The third-order valence-electron chi connectivity index (χ3n) is 2.84. The van der Waals surface area contributed by atoms with Crippen LogP contribution >= 0.6 is 0 Å². The summed E-state index contributed by atoms with van der Waals surface area (Å²) in [5.41, 5.74) is 2.93. The topological polar surface area (TPSA) is 0 Å². The fourth-order valence-electron chi connectivity index (χ4n) is 1.83. The van der Waals surface area contributed by atoms with Crippen molar-refractivity contribution in [1.82, 2.24) is 0 Å². The maximum atomic E-state index is 2.38. The van der Waals surface area contributed by atoms with Crippen LogP contribution in [-0.2, 0) is 27.8 Å². The Morgan fingerprint density at radius 1 is 1.13 bits per heavy atom. The molecule has 15 heavy (non-hydrogen) atoms. The first-order valence-electron chi connectivity index (χ1n) is 4.68. The fraction of sp³-hybridized carbons (Fsp3) is 0.333. The molecule has 0 saturated carbocycles. The molecule has 1 unspecified atom stereocenters. The van der Waals surface area contributed by atoms with E-state index in [1.807, 2.05) is 0 Å². The number of allylic oxidation sites excluding steroid dienone is 1. The van der Waals surface area contributed by atoms with Gasteiger partial charge in [0.2, 0.25) is 0 Å². The first kappa shape index (κ1) is 14.7. The number of rotatable bonds is 1. The largest absolute Gasteiger partial charge is 0.269 e. The van der Waals surface area contributed by atoms with E-state index in [0.29, 0.717) is 9.04 Å². The molecule has 0 spiro atoms. The van der Waals surface area contributed by atoms with E-state index in [9.17, 15) is 0 Å². The van der Waals surface area contributed by atoms with Crippen molar-refractivity contribution in [3.63, 3.8) is 0 Å². The molecule has 0 radical (unpaired) electrons. The van der Waals surface area contributed by atoms with Gasteiger partial charge in [0.05, 0.1) is 0 Å². The van der Waals surface area contributed by atoms with Crippen LogP contribution < -0.4 is 0 Å². The van der Waals surface area contributed by atoms with Crippen molar-refractivity contribution in [1.29, 1.82) is 0 Å². The molecule has 2 rings (SSSR count). The van der Waals surface area contributed by atoms with E-state index >= 15 is 0 Å². The molecular formula is C12H15F2Zr. The molecule has 0 amide bonds. The first-order valence-corrected chi connectivity index (χ1v) is 5.91. The van der Waals surface area contributed by atoms with E-state index in [0.717, 1.165) is 0 Å². The maximum absolute atomic E-state index is 2.38. The molecule has 0 aromatic heterocycles. The summed E-state index contributed by atoms with van der Waals surface area (Å²) >= 11 is 1.60. The van der Waals surface area contributed by atoms with Crippen LogP contribution in [0.4, 0.5) is 9.41 Å². The third kappa shape index (κ3) is 2.28. The maximum Gasteiger partial charge on any atom is -0.269 e. The van der Waals surface area contributed by atoms with E-state index in [-0.39, 0.29) is 9.41 Å². The normalized spacial score (nSPS) is 21.7. The van der Waals surface area contributed by atoms with Gasteiger partial charge >= 0.3 is 95.2 Å². The molecule has 0 bridgehead atoms. The molecule has 1 aromatic rings. The minimum Gasteiger partial charge on any atom is -0.269 e. The standard InChI is InChI=1S/C12H13.2FH.Zr/c1-9(2)11-8-7-10-5-3-4-6-12(10)11;;;/h3-9H,1-2H3;2*1H;. The molecule has 3 heteroatoms. The van der Waals surface area contributed by atoms with Crippen molar-refractivity contribution in [2.45, 2.75) is 17.0 Å². The molecule has 0 nitrogen and oxygen atoms in total. The zero-order valence-electron chi connectivity index (χ0n) is 8.86. The van der Waals surface area contributed by atoms with Gasteiger partial charge in [0, 0.05) is 0 Å². The molecule has 1 aliphatic rings. The second kappa shape index (κ2) is 5.16. The number of hydrogen-bond donors (Lipinski definition) is 0. The van der Waals surface area contributed by atoms with Gasteiger partial charge in [0.25, 0.3) is 0 Å². The van der Waals surface area contributed by atoms with Gasteiger partial charge < -0.3 is 0 Å². The van der Waals surface area contributed by atoms with Crippen LogP contribution in [0.25, 0.3) is 6.08 Å². The Morgan fingerprint density at radius 2 is 1.73 bits per heavy atom. The van der Waals surface area contributed by atoms with Gasteiger partial charge in [-0.2, -0.15) is 0 Å². The van der Waals surface area contributed by atoms with Crippen LogP contribution in [0, 0.1) is 5.92 Å². The van der Waals surface area contributed by atoms with Crippen LogP contribution in [0.2, 0.25) is 0 Å². The Bertz CT molecular complexity index is 360. The molecular weight excluding hydrogens is 273 g/mol. The molecule has 1 atom stereocenters. The van der Waals surface area contributed by atoms with E-state index in [2.05, 4.69) is 50.3 Å². The second-order valence-electron chi connectivity index (χ2n) is 3.94. The summed E-state index contributed by atoms with van der Waals surface area (Å²) in [6, 6.07) is 8.74. The fourth-order valence-corrected chi connectivity index (χ4v) is 2.60. The van der Waals surface area contributed by atoms with Gasteiger partial charge in [-0.05, 0) is 0 Å². The summed E-state index contributed by atoms with van der Waals surface area (Å²) < 4.78 is 0.337. The Kier molecular flexibility index (Phi) is 5.06. The summed E-state index contributed by atoms with van der Waals surface area (Å²) in [5, 5.41) is 0. The summed E-state index contributed by atoms with van der Waals surface area (Å²) in [6.07, 6.45) is 4.64. The third-order valence-corrected chi connectivity index (χ3v) is 5.33. The zero-order valence-corrected chi connectivity index (χ0v) is 11.3. The summed E-state index contributed by atoms with van der Waals surface area (Å²) in [4.78, 5) is 0. The van der Waals surface area contributed by atoms with Crippen molar-refractivity contribution in [2.24, 2.45) is 5.92 Å². The van der Waals surface area contributed by atoms with Crippen LogP contribution in [0.15, 0.2) is 30.3 Å². The molecule has 1 aromatic carbocycles. The van der Waals surface area contributed by atoms with Crippen molar-refractivity contribution in [3.05, 3.63) is 41.5 Å². The van der Waals surface area contributed by atoms with E-state index in [4.69, 9.17) is 0 Å². The summed E-state index contributed by atoms with van der Waals surface area (Å²) in [6.45, 7) is 4.61. The van der Waals surface area contributed by atoms with Crippen molar-refractivity contribution >= 4 is 6.08 Å². The smallest absolute Gasteiger partial charge is 0.269 e. The molecule has 81 valence electrons. The van der Waals surface area contributed by atoms with Gasteiger partial charge in [0.1, 0.15) is 0 Å². The van der Waals surface area contributed by atoms with E-state index in [1.165, 1.54) is 11.1 Å². The monoisotopic (exact) mass is 287 g/mol. The van der Waals surface area contributed by atoms with Gasteiger partial charge in [0.15, 0.2) is 0 Å². The predicted octanol–water partition coefficient (Wildman–Crippen LogP) is 3.42. The molecule has 0 heterocycles. The van der Waals surface area contributed by atoms with E-state index in [1.54, 1.807) is 24.7 Å². The van der Waals surface area contributed by atoms with Gasteiger partial charge in [-0.3, -0.25) is 9.41 Å². The summed E-state index contributed by atoms with van der Waals surface area (Å²) in [5.74, 6) is 0.700. The summed E-state index contributed by atoms with van der Waals surface area (Å²) in [7, 11) is 0. The van der Waals surface area contributed by atoms with Gasteiger partial charge in [-0.15, -0.1) is 0 Å². The zero-order chi connectivity index (χ0) is 9.47. The van der Waals surface area contributed by atoms with E-state index < -0.39 is 0 Å². The molecule has 0 fully saturated rings. The Morgan fingerprint density at radius 3 is 2.33 bits per heavy atom. The second-order valence-corrected chi connectivity index (χ2v) is 5.98. The van der Waals surface area contributed by atoms with Gasteiger partial charge in [-0.25, -0.2) is 0 Å². The van der Waals surface area contributed by atoms with Gasteiger partial charge in [-0.1, -0.05) is 0 Å². The molecule has 0 saturated heterocycles. The number of benzene rings is 1. The quantitative estimate of drug-likeness (QED) is 0.743.